The first-order valence-electron chi connectivity index (χ1n) is 11.4. The number of aliphatic hydroxyl groups excluding tert-OH is 1. The van der Waals surface area contributed by atoms with Crippen molar-refractivity contribution in [2.75, 3.05) is 40.0 Å². The van der Waals surface area contributed by atoms with E-state index < -0.39 is 12.7 Å². The first-order valence-corrected chi connectivity index (χ1v) is 11.4. The number of halogens is 2. The minimum atomic E-state index is -2.98. The topological polar surface area (TPSA) is 78.2 Å². The number of ether oxygens (including phenoxy) is 4. The highest BCUT2D eigenvalue weighted by Crippen LogP contribution is 2.34. The van der Waals surface area contributed by atoms with Gasteiger partial charge in [-0.05, 0) is 42.0 Å². The molecular formula is C25H29F2N3O5. The lowest BCUT2D eigenvalue weighted by Crippen LogP contribution is -2.42. The first kappa shape index (κ1) is 24.9. The second kappa shape index (κ2) is 12.0. The summed E-state index contributed by atoms with van der Waals surface area (Å²) >= 11 is 0. The van der Waals surface area contributed by atoms with E-state index in [1.54, 1.807) is 48.3 Å². The molecule has 188 valence electrons. The summed E-state index contributed by atoms with van der Waals surface area (Å²) in [6.45, 7) is 1.01. The molecule has 1 N–H and O–H groups in total. The van der Waals surface area contributed by atoms with Gasteiger partial charge in [-0.2, -0.15) is 13.9 Å². The van der Waals surface area contributed by atoms with E-state index in [0.29, 0.717) is 43.3 Å². The monoisotopic (exact) mass is 489 g/mol. The van der Waals surface area contributed by atoms with Gasteiger partial charge in [-0.15, -0.1) is 0 Å². The molecule has 1 atom stereocenters. The van der Waals surface area contributed by atoms with Crippen LogP contribution >= 0.6 is 0 Å². The van der Waals surface area contributed by atoms with Crippen LogP contribution in [0, 0.1) is 0 Å². The van der Waals surface area contributed by atoms with E-state index in [9.17, 15) is 13.9 Å². The molecule has 8 nitrogen and oxygen atoms in total. The molecule has 1 fully saturated rings. The Bertz CT molecular complexity index is 1070. The van der Waals surface area contributed by atoms with Crippen LogP contribution in [0.5, 0.6) is 17.2 Å². The molecule has 0 bridgehead atoms. The second-order valence-electron chi connectivity index (χ2n) is 8.17. The number of aliphatic hydroxyl groups is 1. The van der Waals surface area contributed by atoms with Gasteiger partial charge >= 0.3 is 6.61 Å². The molecule has 3 aromatic rings. The quantitative estimate of drug-likeness (QED) is 0.442. The molecule has 10 heteroatoms. The van der Waals surface area contributed by atoms with E-state index in [2.05, 4.69) is 14.7 Å². The van der Waals surface area contributed by atoms with Gasteiger partial charge in [0.1, 0.15) is 12.4 Å². The van der Waals surface area contributed by atoms with Crippen LogP contribution in [0.15, 0.2) is 54.7 Å². The SMILES string of the molecule is COc1ccc(COc2cc(-c3ccn(CC(O)CN4CCOCC4)n3)ccc2OC(F)F)cc1. The molecular weight excluding hydrogens is 460 g/mol. The Kier molecular flexibility index (Phi) is 8.51. The molecule has 0 amide bonds. The molecule has 2 heterocycles. The van der Waals surface area contributed by atoms with Gasteiger partial charge in [-0.25, -0.2) is 0 Å². The van der Waals surface area contributed by atoms with Crippen molar-refractivity contribution < 1.29 is 32.8 Å². The van der Waals surface area contributed by atoms with Gasteiger partial charge < -0.3 is 24.1 Å². The summed E-state index contributed by atoms with van der Waals surface area (Å²) in [4.78, 5) is 2.16. The van der Waals surface area contributed by atoms with Gasteiger partial charge in [-0.3, -0.25) is 9.58 Å². The fourth-order valence-electron chi connectivity index (χ4n) is 3.83. The third kappa shape index (κ3) is 7.14. The maximum atomic E-state index is 12.9. The number of methoxy groups -OCH3 is 1. The summed E-state index contributed by atoms with van der Waals surface area (Å²) in [6.07, 6.45) is 1.20. The van der Waals surface area contributed by atoms with Crippen LogP contribution in [0.4, 0.5) is 8.78 Å². The minimum Gasteiger partial charge on any atom is -0.497 e. The largest absolute Gasteiger partial charge is 0.497 e. The van der Waals surface area contributed by atoms with E-state index >= 15 is 0 Å². The number of aromatic nitrogens is 2. The van der Waals surface area contributed by atoms with Crippen LogP contribution in [0.2, 0.25) is 0 Å². The van der Waals surface area contributed by atoms with Crippen molar-refractivity contribution >= 4 is 0 Å². The summed E-state index contributed by atoms with van der Waals surface area (Å²) in [5.41, 5.74) is 2.15. The molecule has 1 saturated heterocycles. The lowest BCUT2D eigenvalue weighted by Gasteiger charge is -2.28. The number of hydrogen-bond acceptors (Lipinski definition) is 7. The molecule has 0 radical (unpaired) electrons. The Morgan fingerprint density at radius 3 is 2.51 bits per heavy atom. The molecule has 2 aromatic carbocycles. The van der Waals surface area contributed by atoms with Crippen LogP contribution in [0.25, 0.3) is 11.3 Å². The van der Waals surface area contributed by atoms with Crippen LogP contribution in [0.3, 0.4) is 0 Å². The van der Waals surface area contributed by atoms with Crippen LogP contribution < -0.4 is 14.2 Å². The highest BCUT2D eigenvalue weighted by Gasteiger charge is 2.17. The zero-order valence-electron chi connectivity index (χ0n) is 19.5. The van der Waals surface area contributed by atoms with Crippen molar-refractivity contribution in [3.05, 3.63) is 60.3 Å². The fourth-order valence-corrected chi connectivity index (χ4v) is 3.83. The van der Waals surface area contributed by atoms with E-state index in [0.717, 1.165) is 18.7 Å². The summed E-state index contributed by atoms with van der Waals surface area (Å²) in [5, 5.41) is 15.0. The van der Waals surface area contributed by atoms with Gasteiger partial charge in [0, 0.05) is 31.4 Å². The summed E-state index contributed by atoms with van der Waals surface area (Å²) in [7, 11) is 1.58. The Balaban J connectivity index is 1.44. The van der Waals surface area contributed by atoms with Crippen molar-refractivity contribution in [2.45, 2.75) is 25.9 Å². The number of hydrogen-bond donors (Lipinski definition) is 1. The molecule has 1 aliphatic heterocycles. The van der Waals surface area contributed by atoms with Gasteiger partial charge in [0.2, 0.25) is 0 Å². The van der Waals surface area contributed by atoms with Crippen molar-refractivity contribution in [1.82, 2.24) is 14.7 Å². The average Bonchev–Trinajstić information content (AvgIpc) is 3.32. The van der Waals surface area contributed by atoms with E-state index in [-0.39, 0.29) is 18.1 Å². The number of rotatable bonds is 11. The Hall–Kier alpha value is -3.21. The van der Waals surface area contributed by atoms with Crippen LogP contribution in [-0.2, 0) is 17.9 Å². The third-order valence-corrected chi connectivity index (χ3v) is 5.62. The van der Waals surface area contributed by atoms with Crippen molar-refractivity contribution in [2.24, 2.45) is 0 Å². The molecule has 0 aliphatic carbocycles. The number of benzene rings is 2. The van der Waals surface area contributed by atoms with E-state index in [4.69, 9.17) is 14.2 Å². The molecule has 1 aromatic heterocycles. The molecule has 35 heavy (non-hydrogen) atoms. The Morgan fingerprint density at radius 1 is 1.03 bits per heavy atom. The Labute approximate surface area is 202 Å². The standard InChI is InChI=1S/C25H29F2N3O5/c1-32-21-5-2-18(3-6-21)17-34-24-14-19(4-7-23(24)35-25(26)27)22-8-9-30(28-22)16-20(31)15-29-10-12-33-13-11-29/h2-9,14,20,25,31H,10-13,15-17H2,1H3. The molecule has 1 aliphatic rings. The van der Waals surface area contributed by atoms with Gasteiger partial charge in [0.05, 0.1) is 38.7 Å². The fraction of sp³-hybridized carbons (Fsp3) is 0.400. The lowest BCUT2D eigenvalue weighted by atomic mass is 10.1. The maximum Gasteiger partial charge on any atom is 0.387 e. The molecule has 0 spiro atoms. The minimum absolute atomic E-state index is 0.0578. The molecule has 1 unspecified atom stereocenters. The smallest absolute Gasteiger partial charge is 0.387 e. The number of β-amino-alcohol motifs (C(OH)–C–C–N with tert-alkyl or cyclic N) is 1. The lowest BCUT2D eigenvalue weighted by molar-refractivity contribution is -0.0515. The molecule has 0 saturated carbocycles. The predicted molar refractivity (Wildman–Crippen MR) is 125 cm³/mol. The summed E-state index contributed by atoms with van der Waals surface area (Å²) in [5.74, 6) is 0.835. The van der Waals surface area contributed by atoms with Crippen molar-refractivity contribution in [1.29, 1.82) is 0 Å². The summed E-state index contributed by atoms with van der Waals surface area (Å²) < 4.78 is 48.5. The predicted octanol–water partition coefficient (Wildman–Crippen LogP) is 3.43. The zero-order valence-corrected chi connectivity index (χ0v) is 19.5. The highest BCUT2D eigenvalue weighted by atomic mass is 19.3. The normalized spacial score (nSPS) is 15.2. The third-order valence-electron chi connectivity index (χ3n) is 5.62. The van der Waals surface area contributed by atoms with Crippen LogP contribution in [-0.4, -0.2) is 72.5 Å². The van der Waals surface area contributed by atoms with E-state index in [1.807, 2.05) is 12.1 Å². The van der Waals surface area contributed by atoms with Crippen molar-refractivity contribution in [3.8, 4) is 28.5 Å². The molecule has 4 rings (SSSR count). The number of alkyl halides is 2. The van der Waals surface area contributed by atoms with Gasteiger partial charge in [0.15, 0.2) is 11.5 Å². The van der Waals surface area contributed by atoms with Crippen LogP contribution in [0.1, 0.15) is 5.56 Å². The van der Waals surface area contributed by atoms with E-state index in [1.165, 1.54) is 6.07 Å². The first-order chi connectivity index (χ1) is 17.0. The van der Waals surface area contributed by atoms with Crippen molar-refractivity contribution in [3.63, 3.8) is 0 Å². The zero-order chi connectivity index (χ0) is 24.6. The average molecular weight is 490 g/mol. The van der Waals surface area contributed by atoms with Gasteiger partial charge in [-0.1, -0.05) is 12.1 Å². The maximum absolute atomic E-state index is 12.9. The summed E-state index contributed by atoms with van der Waals surface area (Å²) in [6, 6.07) is 13.8. The number of morpholine rings is 1. The second-order valence-corrected chi connectivity index (χ2v) is 8.17. The number of nitrogens with zero attached hydrogens (tertiary/aromatic N) is 3. The highest BCUT2D eigenvalue weighted by molar-refractivity contribution is 5.63. The Morgan fingerprint density at radius 2 is 1.80 bits per heavy atom. The van der Waals surface area contributed by atoms with Gasteiger partial charge in [0.25, 0.3) is 0 Å².